The molecule has 1 atom stereocenters. The first-order chi connectivity index (χ1) is 24.8. The molecule has 1 N–H and O–H groups in total. The molecule has 11 nitrogen and oxygen atoms in total. The van der Waals surface area contributed by atoms with Gasteiger partial charge < -0.3 is 19.7 Å². The SMILES string of the molecule is COCC1(OP(=O)(OCc2ccccc2)OCc2ccccc2)CCN(c2c(F)cc(N3CC(CNC(=O)CCC(C)(C)C)OC3=O)cc2F)CC1. The highest BCUT2D eigenvalue weighted by molar-refractivity contribution is 7.48. The molecule has 3 aromatic rings. The van der Waals surface area contributed by atoms with Gasteiger partial charge in [0, 0.05) is 38.8 Å². The molecule has 0 aromatic heterocycles. The molecule has 0 saturated carbocycles. The summed E-state index contributed by atoms with van der Waals surface area (Å²) < 4.78 is 74.4. The Kier molecular flexibility index (Phi) is 13.1. The summed E-state index contributed by atoms with van der Waals surface area (Å²) in [5.41, 5.74) is 0.159. The lowest BCUT2D eigenvalue weighted by atomic mass is 9.90. The first-order valence-corrected chi connectivity index (χ1v) is 18.9. The molecule has 52 heavy (non-hydrogen) atoms. The van der Waals surface area contributed by atoms with E-state index in [0.717, 1.165) is 28.2 Å². The molecule has 5 rings (SSSR count). The van der Waals surface area contributed by atoms with Crippen molar-refractivity contribution in [2.75, 3.05) is 49.7 Å². The van der Waals surface area contributed by atoms with Crippen molar-refractivity contribution >= 4 is 31.2 Å². The van der Waals surface area contributed by atoms with Gasteiger partial charge in [-0.1, -0.05) is 81.4 Å². The number of ether oxygens (including phenoxy) is 2. The molecule has 3 aromatic carbocycles. The van der Waals surface area contributed by atoms with Gasteiger partial charge >= 0.3 is 13.9 Å². The number of halogens is 2. The molecular weight excluding hydrogens is 695 g/mol. The fourth-order valence-corrected chi connectivity index (χ4v) is 7.60. The molecule has 2 saturated heterocycles. The van der Waals surface area contributed by atoms with Crippen LogP contribution in [0.1, 0.15) is 57.6 Å². The van der Waals surface area contributed by atoms with E-state index in [1.165, 1.54) is 7.11 Å². The molecule has 0 spiro atoms. The first kappa shape index (κ1) is 39.3. The molecule has 282 valence electrons. The second-order valence-electron chi connectivity index (χ2n) is 14.4. The van der Waals surface area contributed by atoms with Crippen LogP contribution in [-0.2, 0) is 45.6 Å². The summed E-state index contributed by atoms with van der Waals surface area (Å²) in [4.78, 5) is 27.6. The van der Waals surface area contributed by atoms with Gasteiger partial charge in [-0.3, -0.25) is 23.3 Å². The number of piperidine rings is 1. The first-order valence-electron chi connectivity index (χ1n) is 17.4. The normalized spacial score (nSPS) is 17.7. The number of rotatable bonds is 16. The number of benzene rings is 3. The van der Waals surface area contributed by atoms with E-state index in [1.807, 2.05) is 81.4 Å². The summed E-state index contributed by atoms with van der Waals surface area (Å²) in [6.07, 6.45) is -0.00660. The number of phosphoric acid groups is 1. The van der Waals surface area contributed by atoms with Crippen LogP contribution in [0.4, 0.5) is 25.0 Å². The number of amides is 2. The second kappa shape index (κ2) is 17.3. The van der Waals surface area contributed by atoms with Crippen molar-refractivity contribution in [1.29, 1.82) is 0 Å². The molecule has 1 unspecified atom stereocenters. The van der Waals surface area contributed by atoms with Crippen LogP contribution in [-0.4, -0.2) is 63.6 Å². The third kappa shape index (κ3) is 10.8. The van der Waals surface area contributed by atoms with Gasteiger partial charge in [0.25, 0.3) is 0 Å². The maximum Gasteiger partial charge on any atom is 0.476 e. The maximum absolute atomic E-state index is 15.7. The number of hydrogen-bond donors (Lipinski definition) is 1. The molecule has 2 aliphatic heterocycles. The molecule has 2 fully saturated rings. The Balaban J connectivity index is 1.24. The summed E-state index contributed by atoms with van der Waals surface area (Å²) in [7, 11) is -2.70. The molecule has 2 aliphatic rings. The average Bonchev–Trinajstić information content (AvgIpc) is 3.49. The maximum atomic E-state index is 15.7. The zero-order valence-corrected chi connectivity index (χ0v) is 31.0. The predicted molar refractivity (Wildman–Crippen MR) is 193 cm³/mol. The minimum Gasteiger partial charge on any atom is -0.442 e. The summed E-state index contributed by atoms with van der Waals surface area (Å²) in [6, 6.07) is 20.6. The minimum absolute atomic E-state index is 0.00252. The van der Waals surface area contributed by atoms with Crippen LogP contribution in [0, 0.1) is 17.0 Å². The molecule has 14 heteroatoms. The van der Waals surface area contributed by atoms with Crippen molar-refractivity contribution < 1.29 is 46.0 Å². The van der Waals surface area contributed by atoms with E-state index < -0.39 is 37.3 Å². The number of nitrogens with one attached hydrogen (secondary N) is 1. The number of methoxy groups -OCH3 is 1. The van der Waals surface area contributed by atoms with Gasteiger partial charge in [-0.05, 0) is 35.8 Å². The molecular formula is C38H48F2N3O8P. The topological polar surface area (TPSA) is 116 Å². The highest BCUT2D eigenvalue weighted by atomic mass is 31.2. The summed E-state index contributed by atoms with van der Waals surface area (Å²) in [6.45, 7) is 6.50. The van der Waals surface area contributed by atoms with Crippen LogP contribution in [0.25, 0.3) is 0 Å². The van der Waals surface area contributed by atoms with Gasteiger partial charge in [-0.15, -0.1) is 0 Å². The van der Waals surface area contributed by atoms with Gasteiger partial charge in [0.15, 0.2) is 11.6 Å². The van der Waals surface area contributed by atoms with Gasteiger partial charge in [-0.25, -0.2) is 18.1 Å². The Hall–Kier alpha value is -3.87. The Morgan fingerprint density at radius 3 is 2.04 bits per heavy atom. The Morgan fingerprint density at radius 2 is 1.52 bits per heavy atom. The van der Waals surface area contributed by atoms with E-state index in [0.29, 0.717) is 12.8 Å². The van der Waals surface area contributed by atoms with Crippen LogP contribution in [0.2, 0.25) is 0 Å². The quantitative estimate of drug-likeness (QED) is 0.147. The zero-order chi connectivity index (χ0) is 37.4. The van der Waals surface area contributed by atoms with Crippen molar-refractivity contribution in [3.8, 4) is 0 Å². The lowest BCUT2D eigenvalue weighted by molar-refractivity contribution is -0.122. The Bertz CT molecular complexity index is 1630. The van der Waals surface area contributed by atoms with E-state index in [2.05, 4.69) is 5.32 Å². The predicted octanol–water partition coefficient (Wildman–Crippen LogP) is 7.78. The highest BCUT2D eigenvalue weighted by Crippen LogP contribution is 2.56. The number of hydrogen-bond acceptors (Lipinski definition) is 9. The summed E-state index contributed by atoms with van der Waals surface area (Å²) in [5, 5.41) is 2.77. The van der Waals surface area contributed by atoms with Gasteiger partial charge in [0.2, 0.25) is 5.91 Å². The highest BCUT2D eigenvalue weighted by Gasteiger charge is 2.45. The van der Waals surface area contributed by atoms with Crippen molar-refractivity contribution in [1.82, 2.24) is 5.32 Å². The van der Waals surface area contributed by atoms with Crippen molar-refractivity contribution in [2.24, 2.45) is 5.41 Å². The van der Waals surface area contributed by atoms with E-state index in [1.54, 1.807) is 4.90 Å². The summed E-state index contributed by atoms with van der Waals surface area (Å²) in [5.74, 6) is -1.87. The molecule has 0 bridgehead atoms. The van der Waals surface area contributed by atoms with Gasteiger partial charge in [-0.2, -0.15) is 0 Å². The number of cyclic esters (lactones) is 1. The number of carbonyl (C=O) groups excluding carboxylic acids is 2. The van der Waals surface area contributed by atoms with Gasteiger partial charge in [0.1, 0.15) is 17.4 Å². The van der Waals surface area contributed by atoms with Crippen LogP contribution >= 0.6 is 7.82 Å². The number of anilines is 2. The fraction of sp³-hybridized carbons (Fsp3) is 0.474. The van der Waals surface area contributed by atoms with Crippen LogP contribution in [0.5, 0.6) is 0 Å². The smallest absolute Gasteiger partial charge is 0.442 e. The molecule has 0 aliphatic carbocycles. The van der Waals surface area contributed by atoms with Gasteiger partial charge in [0.05, 0.1) is 38.6 Å². The van der Waals surface area contributed by atoms with E-state index in [9.17, 15) is 14.2 Å². The van der Waals surface area contributed by atoms with Crippen LogP contribution in [0.15, 0.2) is 72.8 Å². The fourth-order valence-electron chi connectivity index (χ4n) is 6.10. The lowest BCUT2D eigenvalue weighted by Crippen LogP contribution is -2.49. The van der Waals surface area contributed by atoms with E-state index >= 15 is 8.78 Å². The van der Waals surface area contributed by atoms with Crippen LogP contribution < -0.4 is 15.1 Å². The Morgan fingerprint density at radius 1 is 0.962 bits per heavy atom. The third-order valence-corrected chi connectivity index (χ3v) is 10.5. The number of phosphoric ester groups is 1. The number of carbonyl (C=O) groups is 2. The number of nitrogens with zero attached hydrogens (tertiary/aromatic N) is 2. The summed E-state index contributed by atoms with van der Waals surface area (Å²) >= 11 is 0. The van der Waals surface area contributed by atoms with Crippen molar-refractivity contribution in [3.05, 3.63) is 95.6 Å². The minimum atomic E-state index is -4.19. The largest absolute Gasteiger partial charge is 0.476 e. The van der Waals surface area contributed by atoms with Crippen LogP contribution in [0.3, 0.4) is 0 Å². The molecule has 0 radical (unpaired) electrons. The zero-order valence-electron chi connectivity index (χ0n) is 30.1. The average molecular weight is 744 g/mol. The second-order valence-corrected chi connectivity index (χ2v) is 16.0. The van der Waals surface area contributed by atoms with Crippen molar-refractivity contribution in [2.45, 2.75) is 71.4 Å². The van der Waals surface area contributed by atoms with Crippen molar-refractivity contribution in [3.63, 3.8) is 0 Å². The standard InChI is InChI=1S/C38H48F2N3O8P/c1-37(2,3)16-15-34(44)41-23-31-24-43(36(45)50-31)30-21-32(39)35(33(40)22-30)42-19-17-38(18-20-42,27-47-4)51-52(46,48-25-28-11-7-5-8-12-28)49-26-29-13-9-6-10-14-29/h5-14,21-22,31H,15-20,23-27H2,1-4H3,(H,41,44). The monoisotopic (exact) mass is 743 g/mol. The van der Waals surface area contributed by atoms with E-state index in [-0.39, 0.29) is 81.5 Å². The Labute approximate surface area is 304 Å². The third-order valence-electron chi connectivity index (χ3n) is 8.98. The molecule has 2 amide bonds. The molecule has 2 heterocycles. The van der Waals surface area contributed by atoms with E-state index in [4.69, 9.17) is 23.0 Å². The lowest BCUT2D eigenvalue weighted by Gasteiger charge is -2.42.